The third kappa shape index (κ3) is 4.61. The molecule has 17 heavy (non-hydrogen) atoms. The highest BCUT2D eigenvalue weighted by Gasteiger charge is 2.43. The molecule has 0 spiro atoms. The second kappa shape index (κ2) is 6.93. The highest BCUT2D eigenvalue weighted by Crippen LogP contribution is 2.24. The van der Waals surface area contributed by atoms with Crippen LogP contribution in [-0.4, -0.2) is 30.6 Å². The number of sulfone groups is 1. The van der Waals surface area contributed by atoms with Crippen molar-refractivity contribution in [2.45, 2.75) is 50.7 Å². The lowest BCUT2D eigenvalue weighted by Gasteiger charge is -2.25. The van der Waals surface area contributed by atoms with Crippen molar-refractivity contribution in [1.29, 1.82) is 0 Å². The van der Waals surface area contributed by atoms with Crippen molar-refractivity contribution in [2.75, 3.05) is 6.26 Å². The van der Waals surface area contributed by atoms with Crippen LogP contribution < -0.4 is 5.48 Å². The molecule has 0 aliphatic carbocycles. The van der Waals surface area contributed by atoms with Crippen LogP contribution >= 0.6 is 0 Å². The zero-order chi connectivity index (χ0) is 13.5. The van der Waals surface area contributed by atoms with E-state index >= 15 is 0 Å². The zero-order valence-electron chi connectivity index (χ0n) is 10.5. The molecule has 0 aliphatic heterocycles. The van der Waals surface area contributed by atoms with Gasteiger partial charge in [0.25, 0.3) is 5.91 Å². The molecule has 102 valence electrons. The Morgan fingerprint density at radius 2 is 1.94 bits per heavy atom. The first-order valence-corrected chi connectivity index (χ1v) is 7.49. The van der Waals surface area contributed by atoms with Crippen molar-refractivity contribution in [2.24, 2.45) is 0 Å². The van der Waals surface area contributed by atoms with Crippen molar-refractivity contribution in [3.63, 3.8) is 0 Å². The predicted molar refractivity (Wildman–Crippen MR) is 63.9 cm³/mol. The van der Waals surface area contributed by atoms with E-state index in [1.54, 1.807) is 5.48 Å². The number of hydroxylamine groups is 1. The molecule has 6 nitrogen and oxygen atoms in total. The molecule has 1 atom stereocenters. The molecule has 1 amide bonds. The van der Waals surface area contributed by atoms with Crippen molar-refractivity contribution in [1.82, 2.24) is 5.48 Å². The summed E-state index contributed by atoms with van der Waals surface area (Å²) in [5.41, 5.74) is 1.67. The Bertz CT molecular complexity index is 341. The van der Waals surface area contributed by atoms with Gasteiger partial charge in [0.2, 0.25) is 0 Å². The van der Waals surface area contributed by atoms with Crippen LogP contribution in [0.4, 0.5) is 0 Å². The monoisotopic (exact) mass is 267 g/mol. The molecule has 0 aromatic heterocycles. The van der Waals surface area contributed by atoms with Crippen LogP contribution in [0.5, 0.6) is 0 Å². The maximum atomic E-state index is 11.6. The van der Waals surface area contributed by atoms with Gasteiger partial charge in [0.05, 0.1) is 0 Å². The van der Waals surface area contributed by atoms with Crippen LogP contribution in [0, 0.1) is 0 Å². The number of unbranched alkanes of at least 4 members (excludes halogenated alkanes) is 3. The average molecular weight is 267 g/mol. The van der Waals surface area contributed by atoms with Gasteiger partial charge in [-0.2, -0.15) is 0 Å². The van der Waals surface area contributed by atoms with Crippen molar-refractivity contribution in [3.05, 3.63) is 0 Å². The molecule has 0 saturated heterocycles. The van der Waals surface area contributed by atoms with Crippen LogP contribution in [0.25, 0.3) is 0 Å². The SMILES string of the molecule is CCCCCCC(C)(C(=O)NOO)S(C)(=O)=O. The first-order chi connectivity index (χ1) is 7.79. The summed E-state index contributed by atoms with van der Waals surface area (Å²) in [6.45, 7) is 3.38. The number of amides is 1. The summed E-state index contributed by atoms with van der Waals surface area (Å²) in [6, 6.07) is 0. The standard InChI is InChI=1S/C10H21NO5S/c1-4-5-6-7-8-10(2,17(3,14)15)9(12)11-16-13/h13H,4-8H2,1-3H3,(H,11,12). The van der Waals surface area contributed by atoms with E-state index in [2.05, 4.69) is 4.99 Å². The summed E-state index contributed by atoms with van der Waals surface area (Å²) in [5.74, 6) is -0.848. The fourth-order valence-corrected chi connectivity index (χ4v) is 2.40. The third-order valence-corrected chi connectivity index (χ3v) is 4.97. The average Bonchev–Trinajstić information content (AvgIpc) is 2.22. The quantitative estimate of drug-likeness (QED) is 0.392. The molecule has 0 fully saturated rings. The lowest BCUT2D eigenvalue weighted by molar-refractivity contribution is -0.285. The van der Waals surface area contributed by atoms with Gasteiger partial charge in [0.1, 0.15) is 4.75 Å². The molecule has 0 aromatic carbocycles. The molecule has 7 heteroatoms. The summed E-state index contributed by atoms with van der Waals surface area (Å²) in [4.78, 5) is 15.1. The Balaban J connectivity index is 4.70. The number of carbonyl (C=O) groups excluding carboxylic acids is 1. The molecular weight excluding hydrogens is 246 g/mol. The molecule has 0 heterocycles. The molecule has 2 N–H and O–H groups in total. The van der Waals surface area contributed by atoms with Gasteiger partial charge in [-0.1, -0.05) is 32.6 Å². The smallest absolute Gasteiger partial charge is 0.267 e. The number of hydrogen-bond acceptors (Lipinski definition) is 5. The van der Waals surface area contributed by atoms with E-state index in [0.717, 1.165) is 25.5 Å². The minimum atomic E-state index is -3.58. The summed E-state index contributed by atoms with van der Waals surface area (Å²) in [7, 11) is -3.58. The molecule has 0 bridgehead atoms. The summed E-state index contributed by atoms with van der Waals surface area (Å²) in [6.07, 6.45) is 4.75. The zero-order valence-corrected chi connectivity index (χ0v) is 11.3. The summed E-state index contributed by atoms with van der Waals surface area (Å²) in [5, 5.41) is 8.15. The van der Waals surface area contributed by atoms with Gasteiger partial charge in [-0.25, -0.2) is 19.2 Å². The van der Waals surface area contributed by atoms with E-state index in [9.17, 15) is 13.2 Å². The van der Waals surface area contributed by atoms with Crippen LogP contribution in [0.15, 0.2) is 0 Å². The highest BCUT2D eigenvalue weighted by molar-refractivity contribution is 7.92. The van der Waals surface area contributed by atoms with Crippen molar-refractivity contribution < 1.29 is 23.5 Å². The first kappa shape index (κ1) is 16.3. The van der Waals surface area contributed by atoms with E-state index in [0.29, 0.717) is 6.42 Å². The van der Waals surface area contributed by atoms with Gasteiger partial charge in [-0.05, 0) is 13.3 Å². The van der Waals surface area contributed by atoms with Gasteiger partial charge in [0.15, 0.2) is 9.84 Å². The minimum Gasteiger partial charge on any atom is -0.271 e. The Kier molecular flexibility index (Phi) is 6.66. The number of rotatable bonds is 8. The van der Waals surface area contributed by atoms with Crippen LogP contribution in [0.2, 0.25) is 0 Å². The first-order valence-electron chi connectivity index (χ1n) is 5.60. The Morgan fingerprint density at radius 1 is 1.35 bits per heavy atom. The second-order valence-electron chi connectivity index (χ2n) is 4.34. The number of nitrogens with one attached hydrogen (secondary N) is 1. The Hall–Kier alpha value is -0.660. The van der Waals surface area contributed by atoms with Crippen molar-refractivity contribution >= 4 is 15.7 Å². The van der Waals surface area contributed by atoms with E-state index in [4.69, 9.17) is 5.26 Å². The number of hydrogen-bond donors (Lipinski definition) is 2. The molecule has 0 radical (unpaired) electrons. The van der Waals surface area contributed by atoms with Gasteiger partial charge in [-0.3, -0.25) is 4.79 Å². The number of carbonyl (C=O) groups is 1. The predicted octanol–water partition coefficient (Wildman–Crippen LogP) is 1.28. The van der Waals surface area contributed by atoms with E-state index in [-0.39, 0.29) is 6.42 Å². The largest absolute Gasteiger partial charge is 0.271 e. The van der Waals surface area contributed by atoms with Gasteiger partial charge < -0.3 is 0 Å². The van der Waals surface area contributed by atoms with Crippen molar-refractivity contribution in [3.8, 4) is 0 Å². The molecule has 0 aliphatic rings. The lowest BCUT2D eigenvalue weighted by atomic mass is 10.0. The van der Waals surface area contributed by atoms with Crippen LogP contribution in [0.3, 0.4) is 0 Å². The van der Waals surface area contributed by atoms with E-state index < -0.39 is 20.5 Å². The van der Waals surface area contributed by atoms with E-state index in [1.165, 1.54) is 6.92 Å². The van der Waals surface area contributed by atoms with Gasteiger partial charge in [0, 0.05) is 6.26 Å². The molecule has 0 aromatic rings. The fourth-order valence-electron chi connectivity index (χ4n) is 1.51. The molecular formula is C10H21NO5S. The van der Waals surface area contributed by atoms with E-state index in [1.807, 2.05) is 6.92 Å². The maximum Gasteiger partial charge on any atom is 0.267 e. The van der Waals surface area contributed by atoms with Gasteiger partial charge in [-0.15, -0.1) is 4.99 Å². The topological polar surface area (TPSA) is 92.7 Å². The normalized spacial score (nSPS) is 15.3. The third-order valence-electron chi connectivity index (χ3n) is 2.94. The molecule has 0 rings (SSSR count). The van der Waals surface area contributed by atoms with Crippen LogP contribution in [0.1, 0.15) is 46.0 Å². The fraction of sp³-hybridized carbons (Fsp3) is 0.900. The maximum absolute atomic E-state index is 11.6. The summed E-state index contributed by atoms with van der Waals surface area (Å²) < 4.78 is 21.7. The molecule has 1 unspecified atom stereocenters. The van der Waals surface area contributed by atoms with Crippen LogP contribution in [-0.2, 0) is 19.6 Å². The highest BCUT2D eigenvalue weighted by atomic mass is 32.2. The Labute approximate surface area is 102 Å². The Morgan fingerprint density at radius 3 is 2.35 bits per heavy atom. The lowest BCUT2D eigenvalue weighted by Crippen LogP contribution is -2.49. The minimum absolute atomic E-state index is 0.209. The summed E-state index contributed by atoms with van der Waals surface area (Å²) >= 11 is 0. The van der Waals surface area contributed by atoms with Gasteiger partial charge >= 0.3 is 0 Å². The second-order valence-corrected chi connectivity index (χ2v) is 6.78. The molecule has 0 saturated carbocycles.